The van der Waals surface area contributed by atoms with Gasteiger partial charge in [-0.2, -0.15) is 0 Å². The highest BCUT2D eigenvalue weighted by molar-refractivity contribution is 5.85. The van der Waals surface area contributed by atoms with Gasteiger partial charge in [-0.25, -0.2) is 9.78 Å². The minimum absolute atomic E-state index is 0.130. The number of pyridine rings is 1. The lowest BCUT2D eigenvalue weighted by Crippen LogP contribution is -2.31. The number of nitrogens with zero attached hydrogens (tertiary/aromatic N) is 2. The van der Waals surface area contributed by atoms with E-state index in [0.29, 0.717) is 23.2 Å². The van der Waals surface area contributed by atoms with Crippen molar-refractivity contribution >= 4 is 11.8 Å². The number of hydrogen-bond acceptors (Lipinski definition) is 3. The molecule has 4 rings (SSSR count). The lowest BCUT2D eigenvalue weighted by Gasteiger charge is -2.31. The van der Waals surface area contributed by atoms with E-state index in [2.05, 4.69) is 29.0 Å². The van der Waals surface area contributed by atoms with Gasteiger partial charge < -0.3 is 10.0 Å². The van der Waals surface area contributed by atoms with Gasteiger partial charge in [0.1, 0.15) is 5.82 Å². The molecule has 1 N–H and O–H groups in total. The monoisotopic (exact) mass is 270 g/mol. The number of aromatic nitrogens is 1. The van der Waals surface area contributed by atoms with E-state index in [0.717, 1.165) is 18.9 Å². The Morgan fingerprint density at radius 2 is 2.30 bits per heavy atom. The molecular weight excluding hydrogens is 252 g/mol. The van der Waals surface area contributed by atoms with Crippen molar-refractivity contribution in [1.82, 2.24) is 4.98 Å². The van der Waals surface area contributed by atoms with Crippen LogP contribution in [0.3, 0.4) is 0 Å². The second-order valence-electron chi connectivity index (χ2n) is 6.57. The molecule has 0 spiro atoms. The van der Waals surface area contributed by atoms with E-state index in [1.165, 1.54) is 6.42 Å². The van der Waals surface area contributed by atoms with Gasteiger partial charge in [0.2, 0.25) is 0 Å². The molecule has 0 radical (unpaired) electrons. The predicted octanol–water partition coefficient (Wildman–Crippen LogP) is 2.43. The third-order valence-electron chi connectivity index (χ3n) is 5.55. The molecule has 4 heteroatoms. The summed E-state index contributed by atoms with van der Waals surface area (Å²) in [5.74, 6) is 1.93. The van der Waals surface area contributed by atoms with Gasteiger partial charge >= 0.3 is 5.97 Å². The van der Waals surface area contributed by atoms with Crippen LogP contribution in [-0.4, -0.2) is 29.1 Å². The number of allylic oxidation sites excluding steroid dienone is 2. The lowest BCUT2D eigenvalue weighted by atomic mass is 9.72. The summed E-state index contributed by atoms with van der Waals surface area (Å²) in [6, 6.07) is 5.26. The third kappa shape index (κ3) is 1.48. The first-order valence-corrected chi connectivity index (χ1v) is 7.21. The fourth-order valence-electron chi connectivity index (χ4n) is 4.46. The van der Waals surface area contributed by atoms with E-state index in [1.807, 2.05) is 6.07 Å². The Kier molecular flexibility index (Phi) is 2.29. The topological polar surface area (TPSA) is 53.4 Å². The fourth-order valence-corrected chi connectivity index (χ4v) is 4.46. The maximum Gasteiger partial charge on any atom is 0.354 e. The molecule has 1 aliphatic heterocycles. The molecule has 3 aliphatic rings. The van der Waals surface area contributed by atoms with Crippen LogP contribution in [-0.2, 0) is 0 Å². The van der Waals surface area contributed by atoms with Gasteiger partial charge in [-0.05, 0) is 41.7 Å². The van der Waals surface area contributed by atoms with E-state index in [9.17, 15) is 4.79 Å². The summed E-state index contributed by atoms with van der Waals surface area (Å²) in [7, 11) is 0. The minimum atomic E-state index is -0.959. The Hall–Kier alpha value is -1.84. The number of fused-ring (bicyclic) bond motifs is 5. The summed E-state index contributed by atoms with van der Waals surface area (Å²) in [4.78, 5) is 17.6. The SMILES string of the molecule is C[C@@]12CN(c3cccc(C(=O)O)n3)CC1[C@@H]1C=C[C@H]2C1. The number of rotatable bonds is 2. The molecule has 1 saturated heterocycles. The largest absolute Gasteiger partial charge is 0.477 e. The van der Waals surface area contributed by atoms with Gasteiger partial charge in [-0.3, -0.25) is 0 Å². The lowest BCUT2D eigenvalue weighted by molar-refractivity contribution is 0.0690. The Bertz CT molecular complexity index is 612. The number of hydrogen-bond donors (Lipinski definition) is 1. The van der Waals surface area contributed by atoms with Crippen molar-refractivity contribution in [3.8, 4) is 0 Å². The predicted molar refractivity (Wildman–Crippen MR) is 75.7 cm³/mol. The first-order chi connectivity index (χ1) is 9.58. The summed E-state index contributed by atoms with van der Waals surface area (Å²) >= 11 is 0. The average Bonchev–Trinajstić information content (AvgIpc) is 3.08. The summed E-state index contributed by atoms with van der Waals surface area (Å²) in [5.41, 5.74) is 0.464. The smallest absolute Gasteiger partial charge is 0.354 e. The molecule has 1 aromatic heterocycles. The molecule has 20 heavy (non-hydrogen) atoms. The third-order valence-corrected chi connectivity index (χ3v) is 5.55. The highest BCUT2D eigenvalue weighted by Crippen LogP contribution is 2.59. The first-order valence-electron chi connectivity index (χ1n) is 7.21. The number of carboxylic acids is 1. The molecule has 2 bridgehead atoms. The molecule has 2 heterocycles. The van der Waals surface area contributed by atoms with Crippen LogP contribution in [0.25, 0.3) is 0 Å². The Morgan fingerprint density at radius 1 is 1.45 bits per heavy atom. The van der Waals surface area contributed by atoms with E-state index >= 15 is 0 Å². The molecule has 2 aliphatic carbocycles. The van der Waals surface area contributed by atoms with Gasteiger partial charge in [-0.15, -0.1) is 0 Å². The number of carbonyl (C=O) groups is 1. The van der Waals surface area contributed by atoms with Crippen LogP contribution < -0.4 is 4.90 Å². The van der Waals surface area contributed by atoms with Crippen molar-refractivity contribution in [3.05, 3.63) is 36.0 Å². The molecule has 1 aromatic rings. The molecule has 0 aromatic carbocycles. The zero-order valence-electron chi connectivity index (χ0n) is 11.5. The van der Waals surface area contributed by atoms with Gasteiger partial charge in [0.05, 0.1) is 0 Å². The van der Waals surface area contributed by atoms with E-state index in [1.54, 1.807) is 12.1 Å². The van der Waals surface area contributed by atoms with Gasteiger partial charge in [0.15, 0.2) is 5.69 Å². The van der Waals surface area contributed by atoms with Crippen molar-refractivity contribution in [1.29, 1.82) is 0 Å². The molecule has 2 fully saturated rings. The number of aromatic carboxylic acids is 1. The fraction of sp³-hybridized carbons (Fsp3) is 0.500. The van der Waals surface area contributed by atoms with Gasteiger partial charge in [0.25, 0.3) is 0 Å². The van der Waals surface area contributed by atoms with Crippen LogP contribution in [0.15, 0.2) is 30.4 Å². The second-order valence-corrected chi connectivity index (χ2v) is 6.57. The van der Waals surface area contributed by atoms with E-state index < -0.39 is 5.97 Å². The highest BCUT2D eigenvalue weighted by Gasteiger charge is 2.57. The Labute approximate surface area is 118 Å². The Balaban J connectivity index is 1.64. The molecule has 4 atom stereocenters. The zero-order valence-corrected chi connectivity index (χ0v) is 11.5. The van der Waals surface area contributed by atoms with Gasteiger partial charge in [-0.1, -0.05) is 25.1 Å². The van der Waals surface area contributed by atoms with E-state index in [4.69, 9.17) is 5.11 Å². The normalized spacial score (nSPS) is 37.5. The quantitative estimate of drug-likeness (QED) is 0.839. The maximum absolute atomic E-state index is 11.1. The molecule has 0 amide bonds. The van der Waals surface area contributed by atoms with Crippen LogP contribution in [0.5, 0.6) is 0 Å². The average molecular weight is 270 g/mol. The zero-order chi connectivity index (χ0) is 13.9. The number of carboxylic acid groups (broad SMARTS) is 1. The summed E-state index contributed by atoms with van der Waals surface area (Å²) in [6.07, 6.45) is 6.06. The van der Waals surface area contributed by atoms with Crippen molar-refractivity contribution in [2.75, 3.05) is 18.0 Å². The minimum Gasteiger partial charge on any atom is -0.477 e. The molecule has 4 nitrogen and oxygen atoms in total. The van der Waals surface area contributed by atoms with Gasteiger partial charge in [0, 0.05) is 13.1 Å². The van der Waals surface area contributed by atoms with Crippen molar-refractivity contribution in [2.24, 2.45) is 23.2 Å². The van der Waals surface area contributed by atoms with Crippen molar-refractivity contribution < 1.29 is 9.90 Å². The Morgan fingerprint density at radius 3 is 3.05 bits per heavy atom. The van der Waals surface area contributed by atoms with Crippen LogP contribution in [0.2, 0.25) is 0 Å². The first kappa shape index (κ1) is 11.9. The summed E-state index contributed by atoms with van der Waals surface area (Å²) < 4.78 is 0. The summed E-state index contributed by atoms with van der Waals surface area (Å²) in [5, 5.41) is 9.07. The second kappa shape index (κ2) is 3.84. The highest BCUT2D eigenvalue weighted by atomic mass is 16.4. The van der Waals surface area contributed by atoms with Crippen LogP contribution in [0, 0.1) is 23.2 Å². The molecule has 104 valence electrons. The number of anilines is 1. The van der Waals surface area contributed by atoms with Crippen LogP contribution in [0.4, 0.5) is 5.82 Å². The van der Waals surface area contributed by atoms with Crippen LogP contribution >= 0.6 is 0 Å². The standard InChI is InChI=1S/C16H18N2O2/c1-16-9-18(8-12(16)10-5-6-11(16)7-10)14-4-2-3-13(17-14)15(19)20/h2-6,10-12H,7-9H2,1H3,(H,19,20)/t10-,11+,12?,16+/m1/s1. The summed E-state index contributed by atoms with van der Waals surface area (Å²) in [6.45, 7) is 4.37. The molecule has 1 saturated carbocycles. The molecular formula is C16H18N2O2. The van der Waals surface area contributed by atoms with Crippen molar-refractivity contribution in [2.45, 2.75) is 13.3 Å². The van der Waals surface area contributed by atoms with Crippen LogP contribution in [0.1, 0.15) is 23.8 Å². The maximum atomic E-state index is 11.1. The molecule has 1 unspecified atom stereocenters. The van der Waals surface area contributed by atoms with E-state index in [-0.39, 0.29) is 5.69 Å². The van der Waals surface area contributed by atoms with Crippen molar-refractivity contribution in [3.63, 3.8) is 0 Å².